The molecular formula is C22H25N5OS2. The monoisotopic (exact) mass is 439 g/mol. The summed E-state index contributed by atoms with van der Waals surface area (Å²) in [5.41, 5.74) is 3.58. The van der Waals surface area contributed by atoms with Crippen molar-refractivity contribution in [3.05, 3.63) is 52.2 Å². The number of benzene rings is 1. The Bertz CT molecular complexity index is 1140. The van der Waals surface area contributed by atoms with Crippen molar-refractivity contribution in [2.75, 3.05) is 0 Å². The van der Waals surface area contributed by atoms with Crippen LogP contribution in [0.25, 0.3) is 22.2 Å². The van der Waals surface area contributed by atoms with Crippen LogP contribution in [0.15, 0.2) is 39.9 Å². The molecule has 30 heavy (non-hydrogen) atoms. The van der Waals surface area contributed by atoms with Crippen LogP contribution in [0.4, 0.5) is 0 Å². The Balaban J connectivity index is 1.52. The number of aryl methyl sites for hydroxylation is 3. The van der Waals surface area contributed by atoms with Crippen molar-refractivity contribution in [1.82, 2.24) is 25.0 Å². The Hall–Kier alpha value is -2.45. The average Bonchev–Trinajstić information content (AvgIpc) is 3.45. The Morgan fingerprint density at radius 3 is 2.67 bits per heavy atom. The van der Waals surface area contributed by atoms with Gasteiger partial charge in [0, 0.05) is 17.0 Å². The van der Waals surface area contributed by atoms with Gasteiger partial charge < -0.3 is 8.98 Å². The molecule has 0 unspecified atom stereocenters. The van der Waals surface area contributed by atoms with Crippen molar-refractivity contribution in [2.24, 2.45) is 0 Å². The molecule has 0 fully saturated rings. The highest BCUT2D eigenvalue weighted by Crippen LogP contribution is 2.32. The lowest BCUT2D eigenvalue weighted by molar-refractivity contribution is 0.529. The molecule has 0 aliphatic carbocycles. The maximum atomic E-state index is 5.92. The molecule has 4 rings (SSSR count). The molecule has 0 amide bonds. The van der Waals surface area contributed by atoms with Gasteiger partial charge in [0.25, 0.3) is 5.89 Å². The van der Waals surface area contributed by atoms with Crippen LogP contribution >= 0.6 is 23.1 Å². The van der Waals surface area contributed by atoms with Crippen molar-refractivity contribution in [1.29, 1.82) is 0 Å². The van der Waals surface area contributed by atoms with Gasteiger partial charge in [0.2, 0.25) is 5.89 Å². The summed E-state index contributed by atoms with van der Waals surface area (Å²) < 4.78 is 8.09. The molecule has 0 bridgehead atoms. The van der Waals surface area contributed by atoms with E-state index in [9.17, 15) is 0 Å². The van der Waals surface area contributed by atoms with Gasteiger partial charge in [-0.1, -0.05) is 49.4 Å². The molecule has 6 nitrogen and oxygen atoms in total. The van der Waals surface area contributed by atoms with Crippen LogP contribution in [-0.2, 0) is 18.7 Å². The third-order valence-electron chi connectivity index (χ3n) is 4.78. The van der Waals surface area contributed by atoms with Crippen molar-refractivity contribution < 1.29 is 4.42 Å². The van der Waals surface area contributed by atoms with Crippen molar-refractivity contribution in [3.63, 3.8) is 0 Å². The van der Waals surface area contributed by atoms with E-state index in [4.69, 9.17) is 4.42 Å². The average molecular weight is 440 g/mol. The molecule has 8 heteroatoms. The van der Waals surface area contributed by atoms with Gasteiger partial charge in [-0.25, -0.2) is 0 Å². The van der Waals surface area contributed by atoms with E-state index in [1.54, 1.807) is 23.1 Å². The van der Waals surface area contributed by atoms with E-state index in [1.165, 1.54) is 16.0 Å². The van der Waals surface area contributed by atoms with Crippen LogP contribution in [0.3, 0.4) is 0 Å². The number of rotatable bonds is 8. The van der Waals surface area contributed by atoms with E-state index in [0.29, 0.717) is 17.5 Å². The van der Waals surface area contributed by atoms with Crippen molar-refractivity contribution in [3.8, 4) is 22.2 Å². The van der Waals surface area contributed by atoms with E-state index in [1.807, 2.05) is 0 Å². The van der Waals surface area contributed by atoms with Gasteiger partial charge in [-0.05, 0) is 44.4 Å². The lowest BCUT2D eigenvalue weighted by Crippen LogP contribution is -2.02. The third-order valence-corrected chi connectivity index (χ3v) is 7.11. The molecule has 4 aromatic rings. The first kappa shape index (κ1) is 20.8. The summed E-state index contributed by atoms with van der Waals surface area (Å²) in [6.07, 6.45) is 2.02. The van der Waals surface area contributed by atoms with Crippen LogP contribution < -0.4 is 0 Å². The van der Waals surface area contributed by atoms with Gasteiger partial charge in [-0.15, -0.1) is 31.7 Å². The lowest BCUT2D eigenvalue weighted by Gasteiger charge is -2.08. The topological polar surface area (TPSA) is 69.6 Å². The molecule has 3 heterocycles. The molecular weight excluding hydrogens is 414 g/mol. The minimum absolute atomic E-state index is 0.563. The first-order valence-electron chi connectivity index (χ1n) is 10.1. The zero-order valence-corrected chi connectivity index (χ0v) is 19.3. The number of hydrogen-bond donors (Lipinski definition) is 0. The predicted molar refractivity (Wildman–Crippen MR) is 122 cm³/mol. The Morgan fingerprint density at radius 2 is 1.93 bits per heavy atom. The molecule has 0 atom stereocenters. The second-order valence-corrected chi connectivity index (χ2v) is 9.27. The van der Waals surface area contributed by atoms with E-state index < -0.39 is 0 Å². The molecule has 0 aliphatic rings. The summed E-state index contributed by atoms with van der Waals surface area (Å²) in [6.45, 7) is 9.40. The number of hydrogen-bond acceptors (Lipinski definition) is 7. The summed E-state index contributed by atoms with van der Waals surface area (Å²) in [6, 6.07) is 10.5. The second kappa shape index (κ2) is 9.14. The van der Waals surface area contributed by atoms with E-state index in [2.05, 4.69) is 83.0 Å². The summed E-state index contributed by atoms with van der Waals surface area (Å²) in [5.74, 6) is 2.65. The fourth-order valence-corrected chi connectivity index (χ4v) is 5.17. The van der Waals surface area contributed by atoms with Gasteiger partial charge >= 0.3 is 0 Å². The third kappa shape index (κ3) is 4.34. The minimum atomic E-state index is 0.563. The molecule has 0 spiro atoms. The van der Waals surface area contributed by atoms with Gasteiger partial charge in [-0.2, -0.15) is 0 Å². The zero-order chi connectivity index (χ0) is 21.1. The predicted octanol–water partition coefficient (Wildman–Crippen LogP) is 5.94. The van der Waals surface area contributed by atoms with Crippen LogP contribution in [0.1, 0.15) is 42.2 Å². The Labute approximate surface area is 184 Å². The summed E-state index contributed by atoms with van der Waals surface area (Å²) in [7, 11) is 0. The van der Waals surface area contributed by atoms with Crippen LogP contribution in [-0.4, -0.2) is 25.0 Å². The van der Waals surface area contributed by atoms with Crippen LogP contribution in [0, 0.1) is 13.8 Å². The summed E-state index contributed by atoms with van der Waals surface area (Å²) in [4.78, 5) is 2.39. The van der Waals surface area contributed by atoms with Crippen LogP contribution in [0.5, 0.6) is 0 Å². The number of thiophene rings is 1. The Morgan fingerprint density at radius 1 is 1.07 bits per heavy atom. The first-order chi connectivity index (χ1) is 14.6. The smallest absolute Gasteiger partial charge is 0.257 e. The maximum Gasteiger partial charge on any atom is 0.257 e. The summed E-state index contributed by atoms with van der Waals surface area (Å²) in [5, 5.41) is 18.2. The molecule has 156 valence electrons. The normalized spacial score (nSPS) is 11.3. The van der Waals surface area contributed by atoms with Crippen LogP contribution in [0.2, 0.25) is 0 Å². The molecule has 0 N–H and O–H groups in total. The second-order valence-electron chi connectivity index (χ2n) is 7.19. The first-order valence-corrected chi connectivity index (χ1v) is 11.9. The number of nitrogens with zero attached hydrogens (tertiary/aromatic N) is 5. The Kier molecular flexibility index (Phi) is 6.34. The van der Waals surface area contributed by atoms with Gasteiger partial charge in [0.15, 0.2) is 11.0 Å². The fraction of sp³-hybridized carbons (Fsp3) is 0.364. The molecule has 0 aliphatic heterocycles. The maximum absolute atomic E-state index is 5.92. The SMILES string of the molecule is CCCn1c(SCc2nnc(-c3cc(C)c(CC)s3)o2)nnc1-c1cccc(C)c1. The quantitative estimate of drug-likeness (QED) is 0.317. The van der Waals surface area contributed by atoms with Crippen molar-refractivity contribution >= 4 is 23.1 Å². The molecule has 1 aromatic carbocycles. The molecule has 3 aromatic heterocycles. The van der Waals surface area contributed by atoms with E-state index in [0.717, 1.165) is 40.8 Å². The minimum Gasteiger partial charge on any atom is -0.419 e. The largest absolute Gasteiger partial charge is 0.419 e. The fourth-order valence-electron chi connectivity index (χ4n) is 3.33. The van der Waals surface area contributed by atoms with Crippen molar-refractivity contribution in [2.45, 2.75) is 58.0 Å². The highest BCUT2D eigenvalue weighted by Gasteiger charge is 2.17. The molecule has 0 saturated heterocycles. The zero-order valence-electron chi connectivity index (χ0n) is 17.7. The highest BCUT2D eigenvalue weighted by molar-refractivity contribution is 7.98. The molecule has 0 saturated carbocycles. The molecule has 0 radical (unpaired) electrons. The highest BCUT2D eigenvalue weighted by atomic mass is 32.2. The summed E-state index contributed by atoms with van der Waals surface area (Å²) >= 11 is 3.30. The van der Waals surface area contributed by atoms with Gasteiger partial charge in [0.1, 0.15) is 0 Å². The lowest BCUT2D eigenvalue weighted by atomic mass is 10.1. The van der Waals surface area contributed by atoms with Gasteiger partial charge in [-0.3, -0.25) is 0 Å². The standard InChI is InChI=1S/C22H25N5OS2/c1-5-10-27-20(16-9-7-8-14(3)11-16)24-26-22(27)29-13-19-23-25-21(28-19)18-12-15(4)17(6-2)30-18/h7-9,11-12H,5-6,10,13H2,1-4H3. The van der Waals surface area contributed by atoms with E-state index >= 15 is 0 Å². The number of aromatic nitrogens is 5. The van der Waals surface area contributed by atoms with E-state index in [-0.39, 0.29) is 0 Å². The number of thioether (sulfide) groups is 1. The van der Waals surface area contributed by atoms with Gasteiger partial charge in [0.05, 0.1) is 10.6 Å².